The highest BCUT2D eigenvalue weighted by Gasteiger charge is 2.19. The zero-order valence-corrected chi connectivity index (χ0v) is 10.7. The second kappa shape index (κ2) is 6.58. The number of nitrogens with zero attached hydrogens (tertiary/aromatic N) is 2. The molecule has 0 saturated carbocycles. The minimum absolute atomic E-state index is 0.939. The highest BCUT2D eigenvalue weighted by molar-refractivity contribution is 4.73. The fourth-order valence-electron chi connectivity index (χ4n) is 2.78. The minimum Gasteiger partial charge on any atom is -0.379 e. The molecule has 0 bridgehead atoms. The molecule has 2 heterocycles. The molecule has 2 saturated heterocycles. The van der Waals surface area contributed by atoms with Crippen LogP contribution >= 0.6 is 0 Å². The quantitative estimate of drug-likeness (QED) is 0.721. The van der Waals surface area contributed by atoms with Crippen LogP contribution in [0.2, 0.25) is 0 Å². The molecule has 0 aromatic carbocycles. The molecule has 2 rings (SSSR count). The van der Waals surface area contributed by atoms with Crippen LogP contribution in [0.4, 0.5) is 0 Å². The molecule has 94 valence electrons. The molecule has 0 N–H and O–H groups in total. The molecule has 2 aliphatic rings. The molecule has 0 unspecified atom stereocenters. The number of hydrogen-bond donors (Lipinski definition) is 0. The number of piperidine rings is 1. The van der Waals surface area contributed by atoms with E-state index in [0.29, 0.717) is 0 Å². The maximum Gasteiger partial charge on any atom is 0.0594 e. The van der Waals surface area contributed by atoms with E-state index < -0.39 is 0 Å². The van der Waals surface area contributed by atoms with Crippen molar-refractivity contribution in [2.24, 2.45) is 5.92 Å². The van der Waals surface area contributed by atoms with E-state index in [4.69, 9.17) is 4.74 Å². The van der Waals surface area contributed by atoms with Gasteiger partial charge in [-0.05, 0) is 51.4 Å². The van der Waals surface area contributed by atoms with Gasteiger partial charge in [0.1, 0.15) is 0 Å². The first-order valence-corrected chi connectivity index (χ1v) is 6.91. The third-order valence-corrected chi connectivity index (χ3v) is 4.11. The summed E-state index contributed by atoms with van der Waals surface area (Å²) in [6.45, 7) is 11.6. The topological polar surface area (TPSA) is 15.7 Å². The van der Waals surface area contributed by atoms with Gasteiger partial charge < -0.3 is 9.64 Å². The average Bonchev–Trinajstić information content (AvgIpc) is 2.38. The summed E-state index contributed by atoms with van der Waals surface area (Å²) < 4.78 is 5.37. The van der Waals surface area contributed by atoms with Crippen molar-refractivity contribution in [2.75, 3.05) is 52.5 Å². The fraction of sp³-hybridized carbons (Fsp3) is 1.00. The van der Waals surface area contributed by atoms with Crippen LogP contribution in [0, 0.1) is 5.92 Å². The highest BCUT2D eigenvalue weighted by Crippen LogP contribution is 2.20. The average molecular weight is 226 g/mol. The Labute approximate surface area is 99.7 Å². The lowest BCUT2D eigenvalue weighted by Crippen LogP contribution is -2.39. The SMILES string of the molecule is CCN1CCC(CCN2CCOCC2)CC1. The molecule has 0 aromatic rings. The van der Waals surface area contributed by atoms with Gasteiger partial charge in [0.15, 0.2) is 0 Å². The molecule has 0 aromatic heterocycles. The molecular formula is C13H26N2O. The van der Waals surface area contributed by atoms with E-state index in [2.05, 4.69) is 16.7 Å². The van der Waals surface area contributed by atoms with Gasteiger partial charge in [0.25, 0.3) is 0 Å². The molecule has 0 radical (unpaired) electrons. The van der Waals surface area contributed by atoms with E-state index in [1.165, 1.54) is 45.4 Å². The van der Waals surface area contributed by atoms with Gasteiger partial charge in [-0.3, -0.25) is 4.90 Å². The van der Waals surface area contributed by atoms with Crippen molar-refractivity contribution < 1.29 is 4.74 Å². The summed E-state index contributed by atoms with van der Waals surface area (Å²) in [5.74, 6) is 0.977. The van der Waals surface area contributed by atoms with Gasteiger partial charge in [-0.25, -0.2) is 0 Å². The third-order valence-electron chi connectivity index (χ3n) is 4.11. The van der Waals surface area contributed by atoms with Crippen LogP contribution in [-0.2, 0) is 4.74 Å². The summed E-state index contributed by atoms with van der Waals surface area (Å²) >= 11 is 0. The fourth-order valence-corrected chi connectivity index (χ4v) is 2.78. The van der Waals surface area contributed by atoms with Crippen molar-refractivity contribution in [3.8, 4) is 0 Å². The van der Waals surface area contributed by atoms with Crippen LogP contribution in [0.25, 0.3) is 0 Å². The molecule has 2 aliphatic heterocycles. The summed E-state index contributed by atoms with van der Waals surface area (Å²) in [6, 6.07) is 0. The first kappa shape index (κ1) is 12.3. The molecule has 16 heavy (non-hydrogen) atoms. The predicted octanol–water partition coefficient (Wildman–Crippen LogP) is 1.44. The van der Waals surface area contributed by atoms with E-state index >= 15 is 0 Å². The lowest BCUT2D eigenvalue weighted by atomic mass is 9.93. The van der Waals surface area contributed by atoms with Crippen LogP contribution in [0.15, 0.2) is 0 Å². The summed E-state index contributed by atoms with van der Waals surface area (Å²) in [7, 11) is 0. The Hall–Kier alpha value is -0.120. The first-order chi connectivity index (χ1) is 7.88. The van der Waals surface area contributed by atoms with Gasteiger partial charge in [-0.15, -0.1) is 0 Å². The summed E-state index contributed by atoms with van der Waals surface area (Å²) in [5.41, 5.74) is 0. The predicted molar refractivity (Wildman–Crippen MR) is 66.7 cm³/mol. The molecule has 0 atom stereocenters. The van der Waals surface area contributed by atoms with Gasteiger partial charge in [0, 0.05) is 13.1 Å². The van der Waals surface area contributed by atoms with Gasteiger partial charge in [0.05, 0.1) is 13.2 Å². The minimum atomic E-state index is 0.939. The maximum absolute atomic E-state index is 5.37. The van der Waals surface area contributed by atoms with Crippen LogP contribution in [0.5, 0.6) is 0 Å². The standard InChI is InChI=1S/C13H26N2O/c1-2-14-6-3-13(4-7-14)5-8-15-9-11-16-12-10-15/h13H,2-12H2,1H3. The summed E-state index contributed by atoms with van der Waals surface area (Å²) in [5, 5.41) is 0. The van der Waals surface area contributed by atoms with E-state index in [1.807, 2.05) is 0 Å². The Kier molecular flexibility index (Phi) is 5.07. The highest BCUT2D eigenvalue weighted by atomic mass is 16.5. The Morgan fingerprint density at radius 3 is 2.31 bits per heavy atom. The molecule has 3 heteroatoms. The van der Waals surface area contributed by atoms with E-state index in [9.17, 15) is 0 Å². The molecule has 3 nitrogen and oxygen atoms in total. The van der Waals surface area contributed by atoms with E-state index in [0.717, 1.165) is 32.2 Å². The van der Waals surface area contributed by atoms with Crippen LogP contribution in [-0.4, -0.2) is 62.3 Å². The second-order valence-corrected chi connectivity index (χ2v) is 5.12. The van der Waals surface area contributed by atoms with E-state index in [1.54, 1.807) is 0 Å². The smallest absolute Gasteiger partial charge is 0.0594 e. The van der Waals surface area contributed by atoms with Crippen LogP contribution < -0.4 is 0 Å². The lowest BCUT2D eigenvalue weighted by Gasteiger charge is -2.33. The number of hydrogen-bond acceptors (Lipinski definition) is 3. The largest absolute Gasteiger partial charge is 0.379 e. The molecule has 0 aliphatic carbocycles. The Balaban J connectivity index is 1.59. The third kappa shape index (κ3) is 3.72. The van der Waals surface area contributed by atoms with Gasteiger partial charge in [-0.2, -0.15) is 0 Å². The maximum atomic E-state index is 5.37. The number of morpholine rings is 1. The number of rotatable bonds is 4. The van der Waals surface area contributed by atoms with Crippen molar-refractivity contribution >= 4 is 0 Å². The summed E-state index contributed by atoms with van der Waals surface area (Å²) in [6.07, 6.45) is 4.23. The van der Waals surface area contributed by atoms with Crippen molar-refractivity contribution in [1.29, 1.82) is 0 Å². The summed E-state index contributed by atoms with van der Waals surface area (Å²) in [4.78, 5) is 5.14. The van der Waals surface area contributed by atoms with Crippen LogP contribution in [0.3, 0.4) is 0 Å². The van der Waals surface area contributed by atoms with Gasteiger partial charge >= 0.3 is 0 Å². The monoisotopic (exact) mass is 226 g/mol. The molecule has 2 fully saturated rings. The van der Waals surface area contributed by atoms with Crippen molar-refractivity contribution in [1.82, 2.24) is 9.80 Å². The van der Waals surface area contributed by atoms with E-state index in [-0.39, 0.29) is 0 Å². The molecule has 0 amide bonds. The van der Waals surface area contributed by atoms with Crippen molar-refractivity contribution in [3.05, 3.63) is 0 Å². The Bertz CT molecular complexity index is 184. The molecular weight excluding hydrogens is 200 g/mol. The zero-order chi connectivity index (χ0) is 11.2. The number of likely N-dealkylation sites (tertiary alicyclic amines) is 1. The van der Waals surface area contributed by atoms with Gasteiger partial charge in [0.2, 0.25) is 0 Å². The first-order valence-electron chi connectivity index (χ1n) is 6.91. The van der Waals surface area contributed by atoms with Crippen molar-refractivity contribution in [2.45, 2.75) is 26.2 Å². The lowest BCUT2D eigenvalue weighted by molar-refractivity contribution is 0.0336. The Morgan fingerprint density at radius 2 is 1.69 bits per heavy atom. The van der Waals surface area contributed by atoms with Crippen molar-refractivity contribution in [3.63, 3.8) is 0 Å². The second-order valence-electron chi connectivity index (χ2n) is 5.12. The normalized spacial score (nSPS) is 26.1. The zero-order valence-electron chi connectivity index (χ0n) is 10.7. The molecule has 0 spiro atoms. The number of ether oxygens (including phenoxy) is 1. The van der Waals surface area contributed by atoms with Crippen LogP contribution in [0.1, 0.15) is 26.2 Å². The Morgan fingerprint density at radius 1 is 1.00 bits per heavy atom. The van der Waals surface area contributed by atoms with Gasteiger partial charge in [-0.1, -0.05) is 6.92 Å².